The third-order valence-corrected chi connectivity index (χ3v) is 4.50. The fraction of sp³-hybridized carbons (Fsp3) is 0.222. The summed E-state index contributed by atoms with van der Waals surface area (Å²) in [5.74, 6) is -0.478. The summed E-state index contributed by atoms with van der Waals surface area (Å²) < 4.78 is 11.0. The first kappa shape index (κ1) is 18.4. The van der Waals surface area contributed by atoms with Gasteiger partial charge in [-0.1, -0.05) is 29.8 Å². The maximum absolute atomic E-state index is 12.3. The fourth-order valence-electron chi connectivity index (χ4n) is 2.78. The maximum Gasteiger partial charge on any atom is 0.319 e. The van der Waals surface area contributed by atoms with E-state index in [0.717, 1.165) is 0 Å². The van der Waals surface area contributed by atoms with E-state index in [4.69, 9.17) is 32.4 Å². The highest BCUT2D eigenvalue weighted by Crippen LogP contribution is 2.36. The monoisotopic (exact) mass is 394 g/mol. The van der Waals surface area contributed by atoms with Crippen LogP contribution in [0.4, 0.5) is 4.79 Å². The molecular formula is C18H16Cl2N2O4. The van der Waals surface area contributed by atoms with Gasteiger partial charge < -0.3 is 19.8 Å². The van der Waals surface area contributed by atoms with Crippen LogP contribution in [0.15, 0.2) is 47.0 Å². The van der Waals surface area contributed by atoms with Crippen molar-refractivity contribution >= 4 is 35.2 Å². The van der Waals surface area contributed by atoms with Crippen molar-refractivity contribution in [2.24, 2.45) is 5.92 Å². The molecule has 0 bridgehead atoms. The van der Waals surface area contributed by atoms with Crippen LogP contribution in [0.25, 0.3) is 11.3 Å². The smallest absolute Gasteiger partial charge is 0.319 e. The SMILES string of the molecule is C=C1NC(=O)NC(c2ccc(-c3cc(Cl)ccc3Cl)o2)C1C(=O)OCC. The van der Waals surface area contributed by atoms with Crippen LogP contribution in [0.5, 0.6) is 0 Å². The van der Waals surface area contributed by atoms with E-state index in [1.54, 1.807) is 37.3 Å². The van der Waals surface area contributed by atoms with Crippen molar-refractivity contribution in [1.29, 1.82) is 0 Å². The number of carbonyl (C=O) groups is 2. The highest BCUT2D eigenvalue weighted by Gasteiger charge is 2.40. The molecule has 1 aliphatic heterocycles. The third kappa shape index (κ3) is 3.57. The normalized spacial score (nSPS) is 19.7. The minimum absolute atomic E-state index is 0.213. The average Bonchev–Trinajstić information content (AvgIpc) is 3.06. The van der Waals surface area contributed by atoms with Crippen molar-refractivity contribution in [3.63, 3.8) is 0 Å². The first-order valence-electron chi connectivity index (χ1n) is 7.88. The zero-order valence-electron chi connectivity index (χ0n) is 13.8. The molecule has 8 heteroatoms. The summed E-state index contributed by atoms with van der Waals surface area (Å²) in [6.45, 7) is 5.68. The number of benzene rings is 1. The van der Waals surface area contributed by atoms with Crippen LogP contribution in [0.2, 0.25) is 10.0 Å². The number of halogens is 2. The average molecular weight is 395 g/mol. The number of ether oxygens (including phenoxy) is 1. The van der Waals surface area contributed by atoms with Crippen molar-refractivity contribution in [2.45, 2.75) is 13.0 Å². The van der Waals surface area contributed by atoms with E-state index in [0.29, 0.717) is 27.1 Å². The minimum atomic E-state index is -0.818. The molecule has 2 heterocycles. The summed E-state index contributed by atoms with van der Waals surface area (Å²) in [7, 11) is 0. The van der Waals surface area contributed by atoms with Crippen molar-refractivity contribution in [2.75, 3.05) is 6.61 Å². The fourth-order valence-corrected chi connectivity index (χ4v) is 3.17. The second-order valence-electron chi connectivity index (χ2n) is 5.66. The number of hydrogen-bond donors (Lipinski definition) is 2. The number of nitrogens with one attached hydrogen (secondary N) is 2. The molecule has 2 aromatic rings. The van der Waals surface area contributed by atoms with Gasteiger partial charge in [-0.3, -0.25) is 4.79 Å². The van der Waals surface area contributed by atoms with Gasteiger partial charge >= 0.3 is 12.0 Å². The van der Waals surface area contributed by atoms with E-state index in [9.17, 15) is 9.59 Å². The molecule has 2 N–H and O–H groups in total. The lowest BCUT2D eigenvalue weighted by Gasteiger charge is -2.31. The van der Waals surface area contributed by atoms with E-state index in [-0.39, 0.29) is 12.3 Å². The van der Waals surface area contributed by atoms with E-state index in [2.05, 4.69) is 17.2 Å². The summed E-state index contributed by atoms with van der Waals surface area (Å²) in [6.07, 6.45) is 0. The quantitative estimate of drug-likeness (QED) is 0.757. The van der Waals surface area contributed by atoms with E-state index < -0.39 is 24.0 Å². The Labute approximate surface area is 160 Å². The van der Waals surface area contributed by atoms with Crippen LogP contribution >= 0.6 is 23.2 Å². The molecule has 1 fully saturated rings. The predicted octanol–water partition coefficient (Wildman–Crippen LogP) is 4.30. The second-order valence-corrected chi connectivity index (χ2v) is 6.50. The molecule has 2 atom stereocenters. The van der Waals surface area contributed by atoms with E-state index >= 15 is 0 Å². The molecule has 2 unspecified atom stereocenters. The molecule has 6 nitrogen and oxygen atoms in total. The van der Waals surface area contributed by atoms with Crippen molar-refractivity contribution in [3.8, 4) is 11.3 Å². The Morgan fingerprint density at radius 3 is 2.81 bits per heavy atom. The van der Waals surface area contributed by atoms with Gasteiger partial charge in [-0.05, 0) is 37.3 Å². The number of hydrogen-bond acceptors (Lipinski definition) is 4. The minimum Gasteiger partial charge on any atom is -0.465 e. The Hall–Kier alpha value is -2.44. The van der Waals surface area contributed by atoms with Crippen LogP contribution in [-0.2, 0) is 9.53 Å². The largest absolute Gasteiger partial charge is 0.465 e. The van der Waals surface area contributed by atoms with Crippen LogP contribution in [0.1, 0.15) is 18.7 Å². The third-order valence-electron chi connectivity index (χ3n) is 3.94. The highest BCUT2D eigenvalue weighted by atomic mass is 35.5. The van der Waals surface area contributed by atoms with Gasteiger partial charge in [0.15, 0.2) is 0 Å². The van der Waals surface area contributed by atoms with Gasteiger partial charge in [-0.2, -0.15) is 0 Å². The molecule has 3 rings (SSSR count). The molecule has 0 radical (unpaired) electrons. The van der Waals surface area contributed by atoms with E-state index in [1.807, 2.05) is 0 Å². The standard InChI is InChI=1S/C18H16Cl2N2O4/c1-3-25-17(23)15-9(2)21-18(24)22-16(15)14-7-6-13(26-14)11-8-10(19)4-5-12(11)20/h4-8,15-16H,2-3H2,1H3,(H2,21,22,24). The zero-order valence-corrected chi connectivity index (χ0v) is 15.4. The Kier molecular flexibility index (Phi) is 5.25. The summed E-state index contributed by atoms with van der Waals surface area (Å²) in [4.78, 5) is 24.2. The molecule has 0 saturated carbocycles. The number of rotatable bonds is 4. The molecule has 1 aromatic heterocycles. The van der Waals surface area contributed by atoms with Gasteiger partial charge in [-0.25, -0.2) is 4.79 Å². The summed E-state index contributed by atoms with van der Waals surface area (Å²) in [6, 6.07) is 7.16. The summed E-state index contributed by atoms with van der Waals surface area (Å²) >= 11 is 12.2. The molecule has 136 valence electrons. The Bertz CT molecular complexity index is 878. The van der Waals surface area contributed by atoms with Crippen LogP contribution in [0, 0.1) is 5.92 Å². The lowest BCUT2D eigenvalue weighted by molar-refractivity contribution is -0.148. The molecule has 0 aliphatic carbocycles. The molecule has 1 saturated heterocycles. The molecule has 2 amide bonds. The lowest BCUT2D eigenvalue weighted by Crippen LogP contribution is -2.51. The van der Waals surface area contributed by atoms with Crippen molar-refractivity contribution in [1.82, 2.24) is 10.6 Å². The molecular weight excluding hydrogens is 379 g/mol. The van der Waals surface area contributed by atoms with Gasteiger partial charge in [0.05, 0.1) is 11.6 Å². The van der Waals surface area contributed by atoms with Crippen LogP contribution in [-0.4, -0.2) is 18.6 Å². The molecule has 1 aromatic carbocycles. The number of esters is 1. The van der Waals surface area contributed by atoms with Gasteiger partial charge in [0.1, 0.15) is 23.5 Å². The van der Waals surface area contributed by atoms with Gasteiger partial charge in [0.2, 0.25) is 0 Å². The lowest BCUT2D eigenvalue weighted by atomic mass is 9.93. The summed E-state index contributed by atoms with van der Waals surface area (Å²) in [5.41, 5.74) is 0.855. The topological polar surface area (TPSA) is 80.6 Å². The first-order valence-corrected chi connectivity index (χ1v) is 8.64. The molecule has 26 heavy (non-hydrogen) atoms. The second kappa shape index (κ2) is 7.43. The zero-order chi connectivity index (χ0) is 18.8. The Morgan fingerprint density at radius 1 is 1.31 bits per heavy atom. The van der Waals surface area contributed by atoms with E-state index in [1.165, 1.54) is 0 Å². The number of furan rings is 1. The molecule has 0 spiro atoms. The predicted molar refractivity (Wildman–Crippen MR) is 97.8 cm³/mol. The molecule has 1 aliphatic rings. The van der Waals surface area contributed by atoms with Gasteiger partial charge in [-0.15, -0.1) is 0 Å². The van der Waals surface area contributed by atoms with Gasteiger partial charge in [0, 0.05) is 16.3 Å². The number of urea groups is 1. The van der Waals surface area contributed by atoms with Gasteiger partial charge in [0.25, 0.3) is 0 Å². The Morgan fingerprint density at radius 2 is 2.08 bits per heavy atom. The number of carbonyl (C=O) groups excluding carboxylic acids is 2. The van der Waals surface area contributed by atoms with Crippen molar-refractivity contribution in [3.05, 3.63) is 58.4 Å². The summed E-state index contributed by atoms with van der Waals surface area (Å²) in [5, 5.41) is 6.15. The maximum atomic E-state index is 12.3. The first-order chi connectivity index (χ1) is 12.4. The number of amides is 2. The van der Waals surface area contributed by atoms with Crippen molar-refractivity contribution < 1.29 is 18.7 Å². The Balaban J connectivity index is 1.97. The van der Waals surface area contributed by atoms with Crippen LogP contribution in [0.3, 0.4) is 0 Å². The van der Waals surface area contributed by atoms with Crippen LogP contribution < -0.4 is 10.6 Å². The highest BCUT2D eigenvalue weighted by molar-refractivity contribution is 6.35.